The highest BCUT2D eigenvalue weighted by molar-refractivity contribution is 5.98. The van der Waals surface area contributed by atoms with Gasteiger partial charge in [0.1, 0.15) is 42.3 Å². The summed E-state index contributed by atoms with van der Waals surface area (Å²) in [7, 11) is 0. The zero-order chi connectivity index (χ0) is 47.2. The number of unbranched alkanes of at least 4 members (excludes halogenated alkanes) is 1. The number of carbonyl (C=O) groups is 11. The molecule has 0 bridgehead atoms. The number of nitrogens with zero attached hydrogens (tertiary/aromatic N) is 1. The molecular weight excluding hydrogens is 836 g/mol. The van der Waals surface area contributed by atoms with Crippen molar-refractivity contribution in [3.8, 4) is 0 Å². The number of nitrogens with one attached hydrogen (secondary N) is 6. The molecule has 2 rings (SSSR count). The Morgan fingerprint density at radius 1 is 0.714 bits per heavy atom. The molecule has 1 aliphatic heterocycles. The van der Waals surface area contributed by atoms with E-state index in [-0.39, 0.29) is 45.2 Å². The second kappa shape index (κ2) is 26.6. The summed E-state index contributed by atoms with van der Waals surface area (Å²) in [6, 6.07) is -2.34. The first-order chi connectivity index (χ1) is 29.8. The zero-order valence-electron chi connectivity index (χ0n) is 34.3. The number of benzene rings is 1. The van der Waals surface area contributed by atoms with Gasteiger partial charge in [0.25, 0.3) is 0 Å². The molecule has 0 aliphatic carbocycles. The van der Waals surface area contributed by atoms with E-state index in [1.807, 2.05) is 0 Å². The van der Waals surface area contributed by atoms with Gasteiger partial charge in [0, 0.05) is 19.4 Å². The highest BCUT2D eigenvalue weighted by Crippen LogP contribution is 2.21. The van der Waals surface area contributed by atoms with Crippen LogP contribution in [0.5, 0.6) is 0 Å². The van der Waals surface area contributed by atoms with Crippen molar-refractivity contribution in [1.82, 2.24) is 36.8 Å². The molecule has 8 amide bonds. The monoisotopic (exact) mass is 892 g/mol. The Labute approximate surface area is 360 Å². The summed E-state index contributed by atoms with van der Waals surface area (Å²) in [6.07, 6.45) is -2.01. The summed E-state index contributed by atoms with van der Waals surface area (Å²) < 4.78 is 0. The zero-order valence-corrected chi connectivity index (χ0v) is 34.3. The molecule has 0 saturated carbocycles. The number of likely N-dealkylation sites (tertiary alicyclic amines) is 1. The topological polar surface area (TPSA) is 422 Å². The lowest BCUT2D eigenvalue weighted by Gasteiger charge is -2.31. The first-order valence-electron chi connectivity index (χ1n) is 19.9. The van der Waals surface area contributed by atoms with Gasteiger partial charge in [-0.3, -0.25) is 47.9 Å². The molecule has 0 spiro atoms. The third-order valence-corrected chi connectivity index (χ3v) is 9.61. The number of carboxylic acid groups (broad SMARTS) is 3. The van der Waals surface area contributed by atoms with E-state index in [9.17, 15) is 63.0 Å². The normalized spacial score (nSPS) is 16.1. The van der Waals surface area contributed by atoms with Crippen LogP contribution in [0.1, 0.15) is 63.4 Å². The van der Waals surface area contributed by atoms with Crippen LogP contribution < -0.4 is 49.1 Å². The summed E-state index contributed by atoms with van der Waals surface area (Å²) >= 11 is 0. The largest absolute Gasteiger partial charge is 0.481 e. The van der Waals surface area contributed by atoms with E-state index < -0.39 is 146 Å². The van der Waals surface area contributed by atoms with Crippen molar-refractivity contribution in [2.24, 2.45) is 17.2 Å². The van der Waals surface area contributed by atoms with Gasteiger partial charge in [-0.25, -0.2) is 4.79 Å². The molecule has 348 valence electrons. The van der Waals surface area contributed by atoms with E-state index in [1.165, 1.54) is 0 Å². The van der Waals surface area contributed by atoms with E-state index in [1.54, 1.807) is 30.3 Å². The summed E-state index contributed by atoms with van der Waals surface area (Å²) in [6.45, 7) is -1.34. The molecule has 1 saturated heterocycles. The minimum absolute atomic E-state index is 0.0452. The number of aliphatic carboxylic acids is 3. The van der Waals surface area contributed by atoms with Crippen molar-refractivity contribution < 1.29 is 73.2 Å². The third-order valence-electron chi connectivity index (χ3n) is 9.61. The maximum Gasteiger partial charge on any atom is 0.326 e. The summed E-state index contributed by atoms with van der Waals surface area (Å²) in [5, 5.41) is 50.9. The molecule has 25 nitrogen and oxygen atoms in total. The van der Waals surface area contributed by atoms with Gasteiger partial charge in [0.2, 0.25) is 47.3 Å². The number of primary amides is 1. The van der Waals surface area contributed by atoms with Crippen LogP contribution in [0.25, 0.3) is 0 Å². The Balaban J connectivity index is 2.37. The van der Waals surface area contributed by atoms with E-state index in [0.29, 0.717) is 12.0 Å². The number of rotatable bonds is 28. The first-order valence-corrected chi connectivity index (χ1v) is 19.9. The van der Waals surface area contributed by atoms with Crippen LogP contribution in [0.2, 0.25) is 0 Å². The number of carbonyl (C=O) groups excluding carboxylic acids is 8. The summed E-state index contributed by atoms with van der Waals surface area (Å²) in [5.41, 5.74) is 16.9. The molecule has 1 aromatic carbocycles. The average molecular weight is 893 g/mol. The van der Waals surface area contributed by atoms with Gasteiger partial charge in [-0.2, -0.15) is 0 Å². The highest BCUT2D eigenvalue weighted by atomic mass is 16.4. The molecule has 7 atom stereocenters. The molecule has 0 unspecified atom stereocenters. The van der Waals surface area contributed by atoms with Crippen molar-refractivity contribution >= 4 is 65.2 Å². The van der Waals surface area contributed by atoms with E-state index in [4.69, 9.17) is 27.4 Å². The van der Waals surface area contributed by atoms with Crippen LogP contribution in [-0.4, -0.2) is 159 Å². The Morgan fingerprint density at radius 2 is 1.30 bits per heavy atom. The molecular formula is C38H56N10O15. The fourth-order valence-corrected chi connectivity index (χ4v) is 6.34. The highest BCUT2D eigenvalue weighted by Gasteiger charge is 2.40. The quantitative estimate of drug-likeness (QED) is 0.0349. The molecule has 1 aliphatic rings. The van der Waals surface area contributed by atoms with Crippen LogP contribution in [0.3, 0.4) is 0 Å². The summed E-state index contributed by atoms with van der Waals surface area (Å²) in [5.74, 6) is -12.3. The number of nitrogens with two attached hydrogens (primary N) is 3. The second-order valence-corrected chi connectivity index (χ2v) is 14.6. The van der Waals surface area contributed by atoms with Crippen molar-refractivity contribution in [3.63, 3.8) is 0 Å². The SMILES string of the molecule is NCCCC[C@H](NC(=O)[C@H](Cc1ccccc1)NC(=O)[C@@H]1CCCN1C(=O)[C@H](CCC(N)=O)NC(=O)[C@H](CC(=O)O)NC(=O)CNC(=O)[C@@H](N)CO)C(=O)N[C@@H](CC(=O)O)C(=O)O. The van der Waals surface area contributed by atoms with Gasteiger partial charge in [-0.1, -0.05) is 30.3 Å². The van der Waals surface area contributed by atoms with E-state index >= 15 is 0 Å². The van der Waals surface area contributed by atoms with Crippen LogP contribution in [0.15, 0.2) is 30.3 Å². The fourth-order valence-electron chi connectivity index (χ4n) is 6.34. The Hall–Kier alpha value is -6.73. The Morgan fingerprint density at radius 3 is 1.89 bits per heavy atom. The minimum Gasteiger partial charge on any atom is -0.481 e. The van der Waals surface area contributed by atoms with Crippen molar-refractivity contribution in [1.29, 1.82) is 0 Å². The van der Waals surface area contributed by atoms with Crippen LogP contribution in [-0.2, 0) is 59.2 Å². The number of hydrogen-bond donors (Lipinski definition) is 13. The average Bonchev–Trinajstić information content (AvgIpc) is 3.73. The number of carboxylic acids is 3. The Kier molecular flexibility index (Phi) is 22.1. The number of hydrogen-bond acceptors (Lipinski definition) is 14. The summed E-state index contributed by atoms with van der Waals surface area (Å²) in [4.78, 5) is 141. The van der Waals surface area contributed by atoms with E-state index in [2.05, 4.69) is 31.9 Å². The number of amides is 8. The number of aliphatic hydroxyl groups is 1. The molecule has 25 heteroatoms. The Bertz CT molecular complexity index is 1820. The predicted octanol–water partition coefficient (Wildman–Crippen LogP) is -5.49. The van der Waals surface area contributed by atoms with Gasteiger partial charge in [-0.15, -0.1) is 0 Å². The lowest BCUT2D eigenvalue weighted by molar-refractivity contribution is -0.147. The standard InChI is InChI=1S/C38H56N10O15/c39-13-5-4-9-22(33(57)47-26(38(62)63)17-31(54)55)44-34(58)24(15-20-7-2-1-3-8-20)46-36(60)27-10-6-14-48(27)37(61)23(11-12-28(41)50)45-35(59)25(16-30(52)53)43-29(51)18-42-32(56)21(40)19-49/h1-3,7-8,21-27,49H,4-6,9-19,39-40H2,(H2,41,50)(H,42,56)(H,43,51)(H,44,58)(H,45,59)(H,46,60)(H,47,57)(H,52,53)(H,54,55)(H,62,63)/t21-,22-,23-,24-,25-,26-,27-/m0/s1. The number of aliphatic hydroxyl groups excluding tert-OH is 1. The van der Waals surface area contributed by atoms with Gasteiger partial charge < -0.3 is 74.4 Å². The van der Waals surface area contributed by atoms with Gasteiger partial charge in [0.15, 0.2) is 0 Å². The van der Waals surface area contributed by atoms with Gasteiger partial charge in [0.05, 0.1) is 26.0 Å². The second-order valence-electron chi connectivity index (χ2n) is 14.6. The molecule has 0 aromatic heterocycles. The van der Waals surface area contributed by atoms with Crippen LogP contribution in [0.4, 0.5) is 0 Å². The fraction of sp³-hybridized carbons (Fsp3) is 0.553. The molecule has 63 heavy (non-hydrogen) atoms. The smallest absolute Gasteiger partial charge is 0.326 e. The van der Waals surface area contributed by atoms with Gasteiger partial charge in [-0.05, 0) is 50.6 Å². The molecule has 0 radical (unpaired) electrons. The molecule has 1 fully saturated rings. The van der Waals surface area contributed by atoms with Crippen molar-refractivity contribution in [2.45, 2.75) is 107 Å². The van der Waals surface area contributed by atoms with Crippen molar-refractivity contribution in [3.05, 3.63) is 35.9 Å². The van der Waals surface area contributed by atoms with E-state index in [0.717, 1.165) is 4.90 Å². The minimum atomic E-state index is -1.83. The molecule has 1 aromatic rings. The molecule has 16 N–H and O–H groups in total. The molecule has 1 heterocycles. The lowest BCUT2D eigenvalue weighted by Crippen LogP contribution is -2.60. The third kappa shape index (κ3) is 18.4. The predicted molar refractivity (Wildman–Crippen MR) is 216 cm³/mol. The van der Waals surface area contributed by atoms with Crippen molar-refractivity contribution in [2.75, 3.05) is 26.2 Å². The maximum absolute atomic E-state index is 14.1. The first kappa shape index (κ1) is 52.4. The maximum atomic E-state index is 14.1. The lowest BCUT2D eigenvalue weighted by atomic mass is 10.0. The van der Waals surface area contributed by atoms with Crippen LogP contribution >= 0.6 is 0 Å². The van der Waals surface area contributed by atoms with Crippen LogP contribution in [0, 0.1) is 0 Å². The van der Waals surface area contributed by atoms with Gasteiger partial charge >= 0.3 is 17.9 Å².